The fourth-order valence-corrected chi connectivity index (χ4v) is 3.08. The zero-order valence-electron chi connectivity index (χ0n) is 14.8. The third-order valence-electron chi connectivity index (χ3n) is 4.31. The van der Waals surface area contributed by atoms with E-state index in [4.69, 9.17) is 9.47 Å². The quantitative estimate of drug-likeness (QED) is 0.648. The molecule has 0 fully saturated rings. The molecule has 3 aromatic rings. The van der Waals surface area contributed by atoms with Crippen molar-refractivity contribution in [3.05, 3.63) is 54.0 Å². The van der Waals surface area contributed by atoms with Gasteiger partial charge in [-0.15, -0.1) is 0 Å². The molecule has 0 radical (unpaired) electrons. The molecule has 9 heteroatoms. The van der Waals surface area contributed by atoms with E-state index in [1.165, 1.54) is 13.2 Å². The van der Waals surface area contributed by atoms with Gasteiger partial charge in [-0.1, -0.05) is 0 Å². The summed E-state index contributed by atoms with van der Waals surface area (Å²) >= 11 is 0. The predicted octanol–water partition coefficient (Wildman–Crippen LogP) is 2.18. The van der Waals surface area contributed by atoms with E-state index < -0.39 is 12.2 Å². The van der Waals surface area contributed by atoms with Crippen LogP contribution in [0.1, 0.15) is 17.5 Å². The van der Waals surface area contributed by atoms with Crippen molar-refractivity contribution in [3.8, 4) is 17.4 Å². The molecule has 8 nitrogen and oxygen atoms in total. The molecular formula is C18H17FN6O2. The van der Waals surface area contributed by atoms with Crippen molar-refractivity contribution in [2.24, 2.45) is 0 Å². The molecule has 0 N–H and O–H groups in total. The number of fused-ring (bicyclic) bond motifs is 1. The first-order chi connectivity index (χ1) is 13.2. The van der Waals surface area contributed by atoms with Gasteiger partial charge in [0.15, 0.2) is 17.9 Å². The van der Waals surface area contributed by atoms with E-state index in [9.17, 15) is 4.39 Å². The Balaban J connectivity index is 1.70. The van der Waals surface area contributed by atoms with Crippen molar-refractivity contribution < 1.29 is 13.9 Å². The average molecular weight is 368 g/mol. The Hall–Kier alpha value is -3.20. The second-order valence-corrected chi connectivity index (χ2v) is 5.89. The Kier molecular flexibility index (Phi) is 4.59. The molecule has 0 bridgehead atoms. The van der Waals surface area contributed by atoms with E-state index in [-0.39, 0.29) is 0 Å². The van der Waals surface area contributed by atoms with Crippen LogP contribution in [0.5, 0.6) is 5.75 Å². The lowest BCUT2D eigenvalue weighted by molar-refractivity contribution is 0.0925. The summed E-state index contributed by atoms with van der Waals surface area (Å²) in [6.45, 7) is 0.553. The molecular weight excluding hydrogens is 351 g/mol. The topological polar surface area (TPSA) is 86.2 Å². The molecule has 0 spiro atoms. The average Bonchev–Trinajstić information content (AvgIpc) is 2.72. The van der Waals surface area contributed by atoms with E-state index in [0.717, 1.165) is 11.3 Å². The highest BCUT2D eigenvalue weighted by atomic mass is 19.1. The van der Waals surface area contributed by atoms with Crippen molar-refractivity contribution in [3.63, 3.8) is 0 Å². The smallest absolute Gasteiger partial charge is 0.218 e. The summed E-state index contributed by atoms with van der Waals surface area (Å²) in [6.07, 6.45) is 5.13. The number of pyridine rings is 1. The minimum Gasteiger partial charge on any atom is -0.496 e. The molecule has 0 saturated carbocycles. The summed E-state index contributed by atoms with van der Waals surface area (Å²) < 4.78 is 24.6. The molecule has 1 aliphatic heterocycles. The van der Waals surface area contributed by atoms with Gasteiger partial charge in [0.25, 0.3) is 0 Å². The standard InChI is InChI=1S/C18H17FN6O2/c1-26-11-8-14(19)24-15(9-11)25-7-4-13-12(18(25)27-2)10-22-17(23-13)16-20-5-3-6-21-16/h3,5-6,8-10,18H,4,7H2,1-2H3. The molecule has 1 atom stereocenters. The first-order valence-corrected chi connectivity index (χ1v) is 8.34. The Labute approximate surface area is 155 Å². The second-order valence-electron chi connectivity index (χ2n) is 5.89. The van der Waals surface area contributed by atoms with Gasteiger partial charge >= 0.3 is 0 Å². The van der Waals surface area contributed by atoms with E-state index in [0.29, 0.717) is 36.2 Å². The molecule has 27 heavy (non-hydrogen) atoms. The van der Waals surface area contributed by atoms with Gasteiger partial charge in [-0.25, -0.2) is 24.9 Å². The van der Waals surface area contributed by atoms with E-state index in [1.807, 2.05) is 4.90 Å². The number of hydrogen-bond donors (Lipinski definition) is 0. The van der Waals surface area contributed by atoms with Crippen molar-refractivity contribution >= 4 is 5.82 Å². The number of halogens is 1. The first-order valence-electron chi connectivity index (χ1n) is 8.34. The molecule has 4 rings (SSSR count). The molecule has 0 saturated heterocycles. The molecule has 0 amide bonds. The lowest BCUT2D eigenvalue weighted by Gasteiger charge is -2.36. The third-order valence-corrected chi connectivity index (χ3v) is 4.31. The third kappa shape index (κ3) is 3.28. The van der Waals surface area contributed by atoms with Crippen LogP contribution in [-0.4, -0.2) is 45.7 Å². The van der Waals surface area contributed by atoms with Crippen molar-refractivity contribution in [2.45, 2.75) is 12.6 Å². The van der Waals surface area contributed by atoms with Gasteiger partial charge < -0.3 is 14.4 Å². The summed E-state index contributed by atoms with van der Waals surface area (Å²) in [6, 6.07) is 4.65. The SMILES string of the molecule is COc1cc(F)nc(N2CCc3nc(-c4ncccn4)ncc3C2OC)c1. The van der Waals surface area contributed by atoms with Crippen LogP contribution in [0.15, 0.2) is 36.8 Å². The van der Waals surface area contributed by atoms with Crippen molar-refractivity contribution in [2.75, 3.05) is 25.7 Å². The first kappa shape index (κ1) is 17.2. The predicted molar refractivity (Wildman–Crippen MR) is 94.6 cm³/mol. The molecule has 4 heterocycles. The fourth-order valence-electron chi connectivity index (χ4n) is 3.08. The Bertz CT molecular complexity index is 956. The zero-order chi connectivity index (χ0) is 18.8. The van der Waals surface area contributed by atoms with Gasteiger partial charge in [0.2, 0.25) is 5.95 Å². The van der Waals surface area contributed by atoms with Crippen molar-refractivity contribution in [1.82, 2.24) is 24.9 Å². The maximum Gasteiger partial charge on any atom is 0.218 e. The Morgan fingerprint density at radius 1 is 1.07 bits per heavy atom. The molecule has 3 aromatic heterocycles. The zero-order valence-corrected chi connectivity index (χ0v) is 14.8. The van der Waals surface area contributed by atoms with Gasteiger partial charge in [0.1, 0.15) is 11.6 Å². The normalized spacial score (nSPS) is 16.1. The summed E-state index contributed by atoms with van der Waals surface area (Å²) in [7, 11) is 3.07. The fraction of sp³-hybridized carbons (Fsp3) is 0.278. The second kappa shape index (κ2) is 7.20. The highest BCUT2D eigenvalue weighted by Gasteiger charge is 2.31. The largest absolute Gasteiger partial charge is 0.496 e. The number of rotatable bonds is 4. The molecule has 0 aromatic carbocycles. The summed E-state index contributed by atoms with van der Waals surface area (Å²) in [5, 5.41) is 0. The van der Waals surface area contributed by atoms with Gasteiger partial charge in [-0.2, -0.15) is 4.39 Å². The number of nitrogens with zero attached hydrogens (tertiary/aromatic N) is 6. The number of hydrogen-bond acceptors (Lipinski definition) is 8. The van der Waals surface area contributed by atoms with Crippen molar-refractivity contribution in [1.29, 1.82) is 0 Å². The van der Waals surface area contributed by atoms with Gasteiger partial charge in [-0.05, 0) is 6.07 Å². The molecule has 1 unspecified atom stereocenters. The van der Waals surface area contributed by atoms with E-state index >= 15 is 0 Å². The van der Waals surface area contributed by atoms with Crippen LogP contribution in [0.3, 0.4) is 0 Å². The van der Waals surface area contributed by atoms with Crippen LogP contribution in [-0.2, 0) is 11.2 Å². The lowest BCUT2D eigenvalue weighted by Crippen LogP contribution is -2.38. The highest BCUT2D eigenvalue weighted by Crippen LogP contribution is 2.34. The minimum absolute atomic E-state index is 0.394. The van der Waals surface area contributed by atoms with Crippen LogP contribution in [0.25, 0.3) is 11.6 Å². The molecule has 1 aliphatic rings. The van der Waals surface area contributed by atoms with Crippen LogP contribution >= 0.6 is 0 Å². The molecule has 0 aliphatic carbocycles. The van der Waals surface area contributed by atoms with Crippen LogP contribution in [0.2, 0.25) is 0 Å². The molecule has 138 valence electrons. The summed E-state index contributed by atoms with van der Waals surface area (Å²) in [5.74, 6) is 1.14. The summed E-state index contributed by atoms with van der Waals surface area (Å²) in [4.78, 5) is 23.2. The Morgan fingerprint density at radius 2 is 1.89 bits per heavy atom. The lowest BCUT2D eigenvalue weighted by atomic mass is 10.1. The van der Waals surface area contributed by atoms with Gasteiger partial charge in [0.05, 0.1) is 12.8 Å². The Morgan fingerprint density at radius 3 is 2.63 bits per heavy atom. The number of methoxy groups -OCH3 is 2. The van der Waals surface area contributed by atoms with Crippen LogP contribution in [0.4, 0.5) is 10.2 Å². The minimum atomic E-state index is -0.613. The van der Waals surface area contributed by atoms with Gasteiger partial charge in [-0.3, -0.25) is 0 Å². The maximum atomic E-state index is 13.8. The van der Waals surface area contributed by atoms with E-state index in [1.54, 1.807) is 37.8 Å². The number of ether oxygens (including phenoxy) is 2. The van der Waals surface area contributed by atoms with Gasteiger partial charge in [0, 0.05) is 56.4 Å². The summed E-state index contributed by atoms with van der Waals surface area (Å²) in [5.41, 5.74) is 1.65. The number of aromatic nitrogens is 5. The van der Waals surface area contributed by atoms with E-state index in [2.05, 4.69) is 24.9 Å². The van der Waals surface area contributed by atoms with Crippen LogP contribution < -0.4 is 9.64 Å². The highest BCUT2D eigenvalue weighted by molar-refractivity contribution is 5.50. The monoisotopic (exact) mass is 368 g/mol. The number of anilines is 1. The van der Waals surface area contributed by atoms with Crippen LogP contribution in [0, 0.1) is 5.95 Å². The maximum absolute atomic E-state index is 13.8.